The Morgan fingerprint density at radius 3 is 2.52 bits per heavy atom. The largest absolute Gasteiger partial charge is 0.480 e. The van der Waals surface area contributed by atoms with Gasteiger partial charge in [-0.15, -0.1) is 0 Å². The minimum Gasteiger partial charge on any atom is -0.480 e. The number of rotatable bonds is 10. The molecule has 0 radical (unpaired) electrons. The van der Waals surface area contributed by atoms with Gasteiger partial charge in [-0.1, -0.05) is 20.3 Å². The predicted molar refractivity (Wildman–Crippen MR) is 95.1 cm³/mol. The van der Waals surface area contributed by atoms with E-state index in [0.29, 0.717) is 12.1 Å². The molecular formula is C15H25N5O4S. The molecule has 0 fully saturated rings. The van der Waals surface area contributed by atoms with Gasteiger partial charge in [-0.2, -0.15) is 12.6 Å². The molecule has 25 heavy (non-hydrogen) atoms. The molecule has 0 aliphatic carbocycles. The fraction of sp³-hybridized carbons (Fsp3) is 0.600. The SMILES string of the molecule is CC[C@H](C)[C@H](NC(=O)[C@H](Cc1cnc[nH]1)NC(=O)[C@@H](N)CS)C(=O)O. The van der Waals surface area contributed by atoms with Crippen LogP contribution in [0.4, 0.5) is 0 Å². The summed E-state index contributed by atoms with van der Waals surface area (Å²) in [6, 6.07) is -2.90. The second kappa shape index (κ2) is 10.0. The van der Waals surface area contributed by atoms with Gasteiger partial charge in [0.25, 0.3) is 0 Å². The van der Waals surface area contributed by atoms with E-state index in [1.165, 1.54) is 12.5 Å². The quantitative estimate of drug-likeness (QED) is 0.300. The summed E-state index contributed by atoms with van der Waals surface area (Å²) in [5.74, 6) is -2.40. The molecule has 0 unspecified atom stereocenters. The van der Waals surface area contributed by atoms with Crippen molar-refractivity contribution in [2.24, 2.45) is 11.7 Å². The molecule has 0 bridgehead atoms. The Morgan fingerprint density at radius 2 is 2.04 bits per heavy atom. The van der Waals surface area contributed by atoms with Gasteiger partial charge < -0.3 is 26.5 Å². The Balaban J connectivity index is 2.90. The number of carboxylic acids is 1. The molecule has 1 aromatic heterocycles. The average Bonchev–Trinajstić information content (AvgIpc) is 3.09. The van der Waals surface area contributed by atoms with Crippen LogP contribution in [-0.4, -0.2) is 56.7 Å². The zero-order valence-corrected chi connectivity index (χ0v) is 15.1. The van der Waals surface area contributed by atoms with Crippen LogP contribution in [0.2, 0.25) is 0 Å². The van der Waals surface area contributed by atoms with Crippen molar-refractivity contribution in [1.29, 1.82) is 0 Å². The zero-order chi connectivity index (χ0) is 19.0. The lowest BCUT2D eigenvalue weighted by Crippen LogP contribution is -2.56. The molecule has 2 amide bonds. The van der Waals surface area contributed by atoms with E-state index in [1.54, 1.807) is 6.92 Å². The van der Waals surface area contributed by atoms with E-state index in [0.717, 1.165) is 0 Å². The fourth-order valence-corrected chi connectivity index (χ4v) is 2.29. The number of nitrogens with two attached hydrogens (primary N) is 1. The van der Waals surface area contributed by atoms with Crippen LogP contribution in [0.25, 0.3) is 0 Å². The molecule has 4 atom stereocenters. The van der Waals surface area contributed by atoms with Gasteiger partial charge in [0.15, 0.2) is 0 Å². The standard InChI is InChI=1S/C15H25N5O4S/c1-3-8(2)12(15(23)24)20-14(22)11(4-9-5-17-7-18-9)19-13(21)10(16)6-25/h5,7-8,10-12,25H,3-4,6,16H2,1-2H3,(H,17,18)(H,19,21)(H,20,22)(H,23,24)/t8-,10-,11-,12-/m0/s1. The molecule has 0 aliphatic rings. The summed E-state index contributed by atoms with van der Waals surface area (Å²) >= 11 is 3.96. The third-order valence-corrected chi connectivity index (χ3v) is 4.32. The number of amides is 2. The third-order valence-electron chi connectivity index (χ3n) is 3.92. The average molecular weight is 371 g/mol. The van der Waals surface area contributed by atoms with Gasteiger partial charge in [-0.25, -0.2) is 9.78 Å². The van der Waals surface area contributed by atoms with E-state index < -0.39 is 35.9 Å². The number of carboxylic acid groups (broad SMARTS) is 1. The molecular weight excluding hydrogens is 346 g/mol. The van der Waals surface area contributed by atoms with Crippen LogP contribution < -0.4 is 16.4 Å². The second-order valence-electron chi connectivity index (χ2n) is 5.84. The Morgan fingerprint density at radius 1 is 1.36 bits per heavy atom. The fourth-order valence-electron chi connectivity index (χ4n) is 2.12. The maximum Gasteiger partial charge on any atom is 0.326 e. The van der Waals surface area contributed by atoms with Crippen molar-refractivity contribution in [3.8, 4) is 0 Å². The summed E-state index contributed by atoms with van der Waals surface area (Å²) in [5.41, 5.74) is 6.24. The number of aromatic amines is 1. The normalized spacial score (nSPS) is 15.7. The second-order valence-corrected chi connectivity index (χ2v) is 6.21. The van der Waals surface area contributed by atoms with Crippen molar-refractivity contribution in [2.75, 3.05) is 5.75 Å². The van der Waals surface area contributed by atoms with E-state index in [-0.39, 0.29) is 18.1 Å². The highest BCUT2D eigenvalue weighted by molar-refractivity contribution is 7.80. The number of hydrogen-bond acceptors (Lipinski definition) is 6. The van der Waals surface area contributed by atoms with Gasteiger partial charge in [0.1, 0.15) is 12.1 Å². The Labute approximate surface area is 151 Å². The Kier molecular flexibility index (Phi) is 8.42. The van der Waals surface area contributed by atoms with Gasteiger partial charge in [0.05, 0.1) is 12.4 Å². The van der Waals surface area contributed by atoms with Crippen molar-refractivity contribution in [3.05, 3.63) is 18.2 Å². The minimum absolute atomic E-state index is 0.120. The highest BCUT2D eigenvalue weighted by Crippen LogP contribution is 2.09. The number of imidazole rings is 1. The van der Waals surface area contributed by atoms with Gasteiger partial charge in [0.2, 0.25) is 11.8 Å². The number of carbonyl (C=O) groups excluding carboxylic acids is 2. The van der Waals surface area contributed by atoms with Gasteiger partial charge in [-0.3, -0.25) is 9.59 Å². The highest BCUT2D eigenvalue weighted by Gasteiger charge is 2.30. The summed E-state index contributed by atoms with van der Waals surface area (Å²) in [6.07, 6.45) is 3.68. The van der Waals surface area contributed by atoms with E-state index in [9.17, 15) is 19.5 Å². The number of nitrogens with zero attached hydrogens (tertiary/aromatic N) is 1. The Hall–Kier alpha value is -2.07. The first-order valence-electron chi connectivity index (χ1n) is 7.97. The van der Waals surface area contributed by atoms with Crippen molar-refractivity contribution in [3.63, 3.8) is 0 Å². The molecule has 0 aromatic carbocycles. The van der Waals surface area contributed by atoms with Crippen LogP contribution >= 0.6 is 12.6 Å². The molecule has 0 aliphatic heterocycles. The van der Waals surface area contributed by atoms with Crippen LogP contribution in [-0.2, 0) is 20.8 Å². The van der Waals surface area contributed by atoms with Crippen molar-refractivity contribution >= 4 is 30.4 Å². The summed E-state index contributed by atoms with van der Waals surface area (Å²) in [4.78, 5) is 42.7. The van der Waals surface area contributed by atoms with Gasteiger partial charge >= 0.3 is 5.97 Å². The van der Waals surface area contributed by atoms with Gasteiger partial charge in [-0.05, 0) is 5.92 Å². The maximum atomic E-state index is 12.6. The number of aromatic nitrogens is 2. The number of carbonyl (C=O) groups is 3. The van der Waals surface area contributed by atoms with Crippen molar-refractivity contribution < 1.29 is 19.5 Å². The van der Waals surface area contributed by atoms with Crippen LogP contribution in [0, 0.1) is 5.92 Å². The number of thiol groups is 1. The van der Waals surface area contributed by atoms with Crippen molar-refractivity contribution in [2.45, 2.75) is 44.8 Å². The summed E-state index contributed by atoms with van der Waals surface area (Å²) in [6.45, 7) is 3.57. The van der Waals surface area contributed by atoms with Gasteiger partial charge in [0, 0.05) is 24.1 Å². The van der Waals surface area contributed by atoms with Crippen LogP contribution in [0.5, 0.6) is 0 Å². The molecule has 6 N–H and O–H groups in total. The molecule has 1 aromatic rings. The monoisotopic (exact) mass is 371 g/mol. The molecule has 10 heteroatoms. The minimum atomic E-state index is -1.12. The first-order chi connectivity index (χ1) is 11.8. The summed E-state index contributed by atoms with van der Waals surface area (Å²) < 4.78 is 0. The lowest BCUT2D eigenvalue weighted by molar-refractivity contribution is -0.143. The molecule has 140 valence electrons. The smallest absolute Gasteiger partial charge is 0.326 e. The number of hydrogen-bond donors (Lipinski definition) is 6. The molecule has 0 saturated carbocycles. The van der Waals surface area contributed by atoms with Crippen molar-refractivity contribution in [1.82, 2.24) is 20.6 Å². The Bertz CT molecular complexity index is 580. The molecule has 1 heterocycles. The zero-order valence-electron chi connectivity index (χ0n) is 14.2. The molecule has 0 spiro atoms. The summed E-state index contributed by atoms with van der Waals surface area (Å²) in [5, 5.41) is 14.4. The third kappa shape index (κ3) is 6.39. The number of nitrogens with one attached hydrogen (secondary N) is 3. The summed E-state index contributed by atoms with van der Waals surface area (Å²) in [7, 11) is 0. The number of H-pyrrole nitrogens is 1. The maximum absolute atomic E-state index is 12.6. The lowest BCUT2D eigenvalue weighted by Gasteiger charge is -2.24. The first kappa shape index (κ1) is 21.0. The number of aliphatic carboxylic acids is 1. The highest BCUT2D eigenvalue weighted by atomic mass is 32.1. The lowest BCUT2D eigenvalue weighted by atomic mass is 9.98. The van der Waals surface area contributed by atoms with Crippen LogP contribution in [0.15, 0.2) is 12.5 Å². The molecule has 1 rings (SSSR count). The van der Waals surface area contributed by atoms with E-state index in [1.807, 2.05) is 6.92 Å². The van der Waals surface area contributed by atoms with E-state index >= 15 is 0 Å². The van der Waals surface area contributed by atoms with Crippen LogP contribution in [0.3, 0.4) is 0 Å². The molecule has 0 saturated heterocycles. The predicted octanol–water partition coefficient (Wildman–Crippen LogP) is -0.690. The first-order valence-corrected chi connectivity index (χ1v) is 8.60. The van der Waals surface area contributed by atoms with E-state index in [2.05, 4.69) is 33.2 Å². The van der Waals surface area contributed by atoms with Crippen LogP contribution in [0.1, 0.15) is 26.0 Å². The molecule has 9 nitrogen and oxygen atoms in total. The van der Waals surface area contributed by atoms with E-state index in [4.69, 9.17) is 5.73 Å². The topological polar surface area (TPSA) is 150 Å².